The number of carboxylic acid groups (broad SMARTS) is 1. The number of rotatable bonds is 5. The Kier molecular flexibility index (Phi) is 12.7. The minimum Gasteiger partial charge on any atom is -0.465 e. The van der Waals surface area contributed by atoms with Crippen molar-refractivity contribution in [2.45, 2.75) is 44.6 Å². The molecule has 4 N–H and O–H groups in total. The minimum absolute atomic E-state index is 0. The molecule has 3 saturated heterocycles. The summed E-state index contributed by atoms with van der Waals surface area (Å²) in [5, 5.41) is 17.8. The number of nitrogens with zero attached hydrogens (tertiary/aromatic N) is 2. The van der Waals surface area contributed by atoms with Crippen molar-refractivity contribution in [3.8, 4) is 0 Å². The molecule has 0 aliphatic carbocycles. The van der Waals surface area contributed by atoms with Crippen molar-refractivity contribution in [2.24, 2.45) is 11.8 Å². The Morgan fingerprint density at radius 2 is 1.28 bits per heavy atom. The average molecular weight is 622 g/mol. The summed E-state index contributed by atoms with van der Waals surface area (Å²) in [6.45, 7) is 2.98. The van der Waals surface area contributed by atoms with E-state index in [0.717, 1.165) is 25.9 Å². The Morgan fingerprint density at radius 1 is 0.767 bits per heavy atom. The van der Waals surface area contributed by atoms with Crippen LogP contribution >= 0.6 is 12.4 Å². The number of piperidine rings is 2. The maximum Gasteiger partial charge on any atom is 0.407 e. The summed E-state index contributed by atoms with van der Waals surface area (Å²) in [4.78, 5) is 50.8. The number of hydrogen-bond acceptors (Lipinski definition) is 5. The van der Waals surface area contributed by atoms with Gasteiger partial charge >= 0.3 is 6.09 Å². The van der Waals surface area contributed by atoms with E-state index in [1.165, 1.54) is 35.2 Å². The number of anilines is 2. The normalized spacial score (nSPS) is 19.0. The van der Waals surface area contributed by atoms with E-state index < -0.39 is 18.0 Å². The molecule has 0 aromatic heterocycles. The van der Waals surface area contributed by atoms with Gasteiger partial charge in [0.1, 0.15) is 17.7 Å². The second-order valence-corrected chi connectivity index (χ2v) is 10.8. The second kappa shape index (κ2) is 16.2. The zero-order valence-electron chi connectivity index (χ0n) is 23.8. The average Bonchev–Trinajstić information content (AvgIpc) is 3.48. The fourth-order valence-electron chi connectivity index (χ4n) is 5.53. The van der Waals surface area contributed by atoms with Gasteiger partial charge in [-0.3, -0.25) is 19.3 Å². The molecule has 3 fully saturated rings. The minimum atomic E-state index is -1.06. The molecule has 3 aliphatic rings. The van der Waals surface area contributed by atoms with Gasteiger partial charge in [0.25, 0.3) is 0 Å². The molecule has 0 unspecified atom stereocenters. The van der Waals surface area contributed by atoms with E-state index in [4.69, 9.17) is 0 Å². The molecule has 3 aliphatic heterocycles. The first-order chi connectivity index (χ1) is 20.2. The third-order valence-electron chi connectivity index (χ3n) is 7.86. The van der Waals surface area contributed by atoms with Crippen molar-refractivity contribution >= 4 is 47.6 Å². The Balaban J connectivity index is 0.000000256. The molecular weight excluding hydrogens is 584 g/mol. The first-order valence-electron chi connectivity index (χ1n) is 14.3. The van der Waals surface area contributed by atoms with Gasteiger partial charge in [-0.15, -0.1) is 12.4 Å². The number of amides is 4. The Labute approximate surface area is 255 Å². The predicted molar refractivity (Wildman–Crippen MR) is 160 cm³/mol. The van der Waals surface area contributed by atoms with Crippen molar-refractivity contribution in [2.75, 3.05) is 43.4 Å². The van der Waals surface area contributed by atoms with Gasteiger partial charge in [-0.25, -0.2) is 13.6 Å². The Bertz CT molecular complexity index is 1270. The highest BCUT2D eigenvalue weighted by atomic mass is 35.5. The largest absolute Gasteiger partial charge is 0.465 e. The van der Waals surface area contributed by atoms with E-state index in [0.29, 0.717) is 56.7 Å². The summed E-state index contributed by atoms with van der Waals surface area (Å²) in [5.74, 6) is -1.31. The summed E-state index contributed by atoms with van der Waals surface area (Å²) in [6.07, 6.45) is 2.88. The molecule has 234 valence electrons. The lowest BCUT2D eigenvalue weighted by atomic mass is 9.95. The fourth-order valence-corrected chi connectivity index (χ4v) is 5.53. The van der Waals surface area contributed by atoms with Crippen molar-refractivity contribution < 1.29 is 33.1 Å². The van der Waals surface area contributed by atoms with Crippen LogP contribution in [0.1, 0.15) is 38.5 Å². The lowest BCUT2D eigenvalue weighted by Gasteiger charge is -2.34. The highest BCUT2D eigenvalue weighted by Gasteiger charge is 2.38. The molecule has 2 aromatic carbocycles. The molecule has 13 heteroatoms. The quantitative estimate of drug-likeness (QED) is 0.393. The van der Waals surface area contributed by atoms with E-state index in [1.54, 1.807) is 23.1 Å². The molecule has 0 spiro atoms. The van der Waals surface area contributed by atoms with E-state index in [1.807, 2.05) is 0 Å². The van der Waals surface area contributed by atoms with Crippen LogP contribution in [0.5, 0.6) is 0 Å². The van der Waals surface area contributed by atoms with Crippen LogP contribution in [0.3, 0.4) is 0 Å². The van der Waals surface area contributed by atoms with Crippen LogP contribution in [-0.2, 0) is 14.4 Å². The first kappa shape index (κ1) is 33.7. The number of benzene rings is 2. The highest BCUT2D eigenvalue weighted by Crippen LogP contribution is 2.24. The molecule has 0 bridgehead atoms. The summed E-state index contributed by atoms with van der Waals surface area (Å²) >= 11 is 0. The van der Waals surface area contributed by atoms with Crippen LogP contribution in [0, 0.1) is 23.5 Å². The van der Waals surface area contributed by atoms with E-state index >= 15 is 0 Å². The summed E-state index contributed by atoms with van der Waals surface area (Å²) in [5.41, 5.74) is 0.945. The molecule has 4 amide bonds. The van der Waals surface area contributed by atoms with Crippen molar-refractivity contribution in [3.63, 3.8) is 0 Å². The lowest BCUT2D eigenvalue weighted by molar-refractivity contribution is -0.138. The smallest absolute Gasteiger partial charge is 0.407 e. The van der Waals surface area contributed by atoms with Gasteiger partial charge in [0.05, 0.1) is 0 Å². The lowest BCUT2D eigenvalue weighted by Crippen LogP contribution is -2.50. The van der Waals surface area contributed by atoms with Crippen LogP contribution < -0.4 is 16.0 Å². The van der Waals surface area contributed by atoms with E-state index in [9.17, 15) is 33.1 Å². The molecule has 5 rings (SSSR count). The molecule has 1 atom stereocenters. The van der Waals surface area contributed by atoms with Gasteiger partial charge in [-0.05, 0) is 88.0 Å². The van der Waals surface area contributed by atoms with Gasteiger partial charge in [0, 0.05) is 42.8 Å². The number of halogens is 3. The standard InChI is InChI=1S/C18H22FN3O4.C12H15FN2O.ClH/c19-13-3-1-4-14(11-13)20-16(23)12-6-9-21(10-7-12)17(24)15-5-2-8-22(15)18(25)26;13-10-2-1-3-11(8-10)15-12(16)9-4-6-14-7-5-9;/h1,3-4,11-12,15H,2,5-10H2,(H,20,23)(H,25,26);1-3,8-9,14H,4-7H2,(H,15,16);1H/t15-;;/m0../s1. The zero-order chi connectivity index (χ0) is 30.1. The van der Waals surface area contributed by atoms with Crippen LogP contribution in [0.4, 0.5) is 25.0 Å². The van der Waals surface area contributed by atoms with Gasteiger partial charge in [0.2, 0.25) is 17.7 Å². The number of nitrogens with one attached hydrogen (secondary N) is 3. The number of likely N-dealkylation sites (tertiary alicyclic amines) is 2. The van der Waals surface area contributed by atoms with Gasteiger partial charge < -0.3 is 26.0 Å². The molecule has 10 nitrogen and oxygen atoms in total. The van der Waals surface area contributed by atoms with Crippen LogP contribution in [-0.4, -0.2) is 77.5 Å². The maximum absolute atomic E-state index is 13.2. The molecule has 0 radical (unpaired) electrons. The monoisotopic (exact) mass is 621 g/mol. The zero-order valence-corrected chi connectivity index (χ0v) is 24.6. The maximum atomic E-state index is 13.2. The van der Waals surface area contributed by atoms with Gasteiger partial charge in [0.15, 0.2) is 0 Å². The predicted octanol–water partition coefficient (Wildman–Crippen LogP) is 4.33. The van der Waals surface area contributed by atoms with E-state index in [2.05, 4.69) is 16.0 Å². The Morgan fingerprint density at radius 3 is 1.77 bits per heavy atom. The molecule has 43 heavy (non-hydrogen) atoms. The van der Waals surface area contributed by atoms with Crippen molar-refractivity contribution in [1.82, 2.24) is 15.1 Å². The fraction of sp³-hybridized carbons (Fsp3) is 0.467. The van der Waals surface area contributed by atoms with Gasteiger partial charge in [-0.1, -0.05) is 12.1 Å². The summed E-state index contributed by atoms with van der Waals surface area (Å²) in [7, 11) is 0. The second-order valence-electron chi connectivity index (χ2n) is 10.8. The number of hydrogen-bond donors (Lipinski definition) is 4. The third-order valence-corrected chi connectivity index (χ3v) is 7.86. The van der Waals surface area contributed by atoms with Crippen LogP contribution in [0.15, 0.2) is 48.5 Å². The highest BCUT2D eigenvalue weighted by molar-refractivity contribution is 5.93. The van der Waals surface area contributed by atoms with E-state index in [-0.39, 0.29) is 47.8 Å². The first-order valence-corrected chi connectivity index (χ1v) is 14.3. The summed E-state index contributed by atoms with van der Waals surface area (Å²) in [6, 6.07) is 11.1. The molecule has 2 aromatic rings. The Hall–Kier alpha value is -3.77. The third kappa shape index (κ3) is 9.62. The van der Waals surface area contributed by atoms with Gasteiger partial charge in [-0.2, -0.15) is 0 Å². The topological polar surface area (TPSA) is 131 Å². The molecule has 3 heterocycles. The summed E-state index contributed by atoms with van der Waals surface area (Å²) < 4.78 is 26.1. The molecular formula is C30H38ClF2N5O5. The van der Waals surface area contributed by atoms with Crippen molar-refractivity contribution in [3.05, 3.63) is 60.2 Å². The van der Waals surface area contributed by atoms with Crippen molar-refractivity contribution in [1.29, 1.82) is 0 Å². The number of carbonyl (C=O) groups is 4. The van der Waals surface area contributed by atoms with Crippen LogP contribution in [0.25, 0.3) is 0 Å². The molecule has 0 saturated carbocycles. The van der Waals surface area contributed by atoms with Crippen LogP contribution in [0.2, 0.25) is 0 Å². The number of carbonyl (C=O) groups excluding carboxylic acids is 3. The SMILES string of the molecule is Cl.O=C(Nc1cccc(F)c1)C1CCN(C(=O)[C@@H]2CCCN2C(=O)O)CC1.O=C(Nc1cccc(F)c1)C1CCNCC1.